The number of rotatable bonds is 4. The number of nitrogens with two attached hydrogens (primary N) is 1. The third kappa shape index (κ3) is 2.97. The van der Waals surface area contributed by atoms with Crippen molar-refractivity contribution >= 4 is 17.3 Å². The Morgan fingerprint density at radius 3 is 2.94 bits per heavy atom. The SMILES string of the molecule is CC(N)Cc1cccc(Cl)c1N(C)C1CCOC1. The van der Waals surface area contributed by atoms with Crippen LogP contribution < -0.4 is 10.6 Å². The number of hydrogen-bond donors (Lipinski definition) is 1. The van der Waals surface area contributed by atoms with Gasteiger partial charge in [-0.3, -0.25) is 0 Å². The molecule has 0 aliphatic carbocycles. The molecule has 0 aromatic heterocycles. The Kier molecular flexibility index (Phi) is 4.49. The van der Waals surface area contributed by atoms with Crippen LogP contribution in [0.4, 0.5) is 5.69 Å². The van der Waals surface area contributed by atoms with Gasteiger partial charge in [-0.05, 0) is 31.4 Å². The number of halogens is 1. The molecule has 3 nitrogen and oxygen atoms in total. The van der Waals surface area contributed by atoms with E-state index in [4.69, 9.17) is 22.1 Å². The first kappa shape index (κ1) is 13.7. The van der Waals surface area contributed by atoms with Crippen LogP contribution >= 0.6 is 11.6 Å². The molecule has 18 heavy (non-hydrogen) atoms. The lowest BCUT2D eigenvalue weighted by Crippen LogP contribution is -2.33. The third-order valence-corrected chi connectivity index (χ3v) is 3.72. The lowest BCUT2D eigenvalue weighted by molar-refractivity contribution is 0.193. The second kappa shape index (κ2) is 5.91. The Morgan fingerprint density at radius 1 is 1.56 bits per heavy atom. The molecule has 0 saturated carbocycles. The summed E-state index contributed by atoms with van der Waals surface area (Å²) in [7, 11) is 2.09. The second-order valence-electron chi connectivity index (χ2n) is 5.06. The Balaban J connectivity index is 2.28. The predicted octanol–water partition coefficient (Wildman–Crippen LogP) is 2.45. The van der Waals surface area contributed by atoms with Crippen molar-refractivity contribution in [2.24, 2.45) is 5.73 Å². The fourth-order valence-electron chi connectivity index (χ4n) is 2.48. The van der Waals surface area contributed by atoms with E-state index in [9.17, 15) is 0 Å². The average molecular weight is 269 g/mol. The largest absolute Gasteiger partial charge is 0.379 e. The third-order valence-electron chi connectivity index (χ3n) is 3.42. The highest BCUT2D eigenvalue weighted by Crippen LogP contribution is 2.32. The zero-order valence-corrected chi connectivity index (χ0v) is 11.8. The van der Waals surface area contributed by atoms with Crippen molar-refractivity contribution in [2.45, 2.75) is 31.8 Å². The number of nitrogens with zero attached hydrogens (tertiary/aromatic N) is 1. The molecule has 2 rings (SSSR count). The van der Waals surface area contributed by atoms with Gasteiger partial charge >= 0.3 is 0 Å². The van der Waals surface area contributed by atoms with Crippen LogP contribution in [0.1, 0.15) is 18.9 Å². The fraction of sp³-hybridized carbons (Fsp3) is 0.571. The fourth-order valence-corrected chi connectivity index (χ4v) is 2.80. The summed E-state index contributed by atoms with van der Waals surface area (Å²) in [4.78, 5) is 2.24. The number of hydrogen-bond acceptors (Lipinski definition) is 3. The van der Waals surface area contributed by atoms with Gasteiger partial charge in [0.25, 0.3) is 0 Å². The lowest BCUT2D eigenvalue weighted by atomic mass is 10.0. The second-order valence-corrected chi connectivity index (χ2v) is 5.46. The maximum atomic E-state index is 6.36. The molecule has 100 valence electrons. The van der Waals surface area contributed by atoms with Crippen LogP contribution in [0.5, 0.6) is 0 Å². The van der Waals surface area contributed by atoms with Gasteiger partial charge in [-0.1, -0.05) is 23.7 Å². The molecule has 1 heterocycles. The van der Waals surface area contributed by atoms with Gasteiger partial charge in [-0.15, -0.1) is 0 Å². The van der Waals surface area contributed by atoms with Crippen molar-refractivity contribution in [3.8, 4) is 0 Å². The number of anilines is 1. The number of para-hydroxylation sites is 1. The summed E-state index contributed by atoms with van der Waals surface area (Å²) in [5, 5.41) is 0.794. The highest BCUT2D eigenvalue weighted by atomic mass is 35.5. The molecule has 2 atom stereocenters. The summed E-state index contributed by atoms with van der Waals surface area (Å²) in [5.74, 6) is 0. The highest BCUT2D eigenvalue weighted by Gasteiger charge is 2.23. The number of benzene rings is 1. The Bertz CT molecular complexity index is 403. The van der Waals surface area contributed by atoms with E-state index in [0.29, 0.717) is 6.04 Å². The first-order valence-corrected chi connectivity index (χ1v) is 6.81. The van der Waals surface area contributed by atoms with E-state index < -0.39 is 0 Å². The molecule has 4 heteroatoms. The molecule has 1 aliphatic heterocycles. The monoisotopic (exact) mass is 268 g/mol. The van der Waals surface area contributed by atoms with E-state index in [1.165, 1.54) is 5.56 Å². The van der Waals surface area contributed by atoms with E-state index in [0.717, 1.165) is 36.8 Å². The summed E-state index contributed by atoms with van der Waals surface area (Å²) in [5.41, 5.74) is 8.23. The number of ether oxygens (including phenoxy) is 1. The molecule has 1 saturated heterocycles. The minimum absolute atomic E-state index is 0.135. The van der Waals surface area contributed by atoms with Gasteiger partial charge in [0.1, 0.15) is 0 Å². The van der Waals surface area contributed by atoms with Crippen LogP contribution in [0.2, 0.25) is 5.02 Å². The maximum Gasteiger partial charge on any atom is 0.0670 e. The molecule has 2 N–H and O–H groups in total. The Morgan fingerprint density at radius 2 is 2.33 bits per heavy atom. The molecule has 0 radical (unpaired) electrons. The first-order valence-electron chi connectivity index (χ1n) is 6.43. The van der Waals surface area contributed by atoms with Gasteiger partial charge in [0.05, 0.1) is 23.4 Å². The summed E-state index contributed by atoms with van der Waals surface area (Å²) >= 11 is 6.36. The topological polar surface area (TPSA) is 38.5 Å². The van der Waals surface area contributed by atoms with Crippen LogP contribution in [0.3, 0.4) is 0 Å². The predicted molar refractivity (Wildman–Crippen MR) is 76.4 cm³/mol. The van der Waals surface area contributed by atoms with E-state index in [1.807, 2.05) is 19.1 Å². The van der Waals surface area contributed by atoms with Crippen molar-refractivity contribution in [1.29, 1.82) is 0 Å². The van der Waals surface area contributed by atoms with Crippen molar-refractivity contribution in [1.82, 2.24) is 0 Å². The average Bonchev–Trinajstić information content (AvgIpc) is 2.81. The van der Waals surface area contributed by atoms with E-state index in [2.05, 4.69) is 18.0 Å². The maximum absolute atomic E-state index is 6.36. The van der Waals surface area contributed by atoms with Crippen LogP contribution in [-0.4, -0.2) is 32.3 Å². The summed E-state index contributed by atoms with van der Waals surface area (Å²) in [6.45, 7) is 3.63. The molecule has 1 aromatic rings. The Labute approximate surface area is 114 Å². The molecular formula is C14H21ClN2O. The summed E-state index contributed by atoms with van der Waals surface area (Å²) in [6, 6.07) is 6.58. The molecule has 2 unspecified atom stereocenters. The molecular weight excluding hydrogens is 248 g/mol. The highest BCUT2D eigenvalue weighted by molar-refractivity contribution is 6.33. The molecule has 1 aromatic carbocycles. The molecule has 1 fully saturated rings. The zero-order chi connectivity index (χ0) is 13.1. The van der Waals surface area contributed by atoms with E-state index in [-0.39, 0.29) is 6.04 Å². The molecule has 0 bridgehead atoms. The van der Waals surface area contributed by atoms with Gasteiger partial charge < -0.3 is 15.4 Å². The summed E-state index contributed by atoms with van der Waals surface area (Å²) in [6.07, 6.45) is 1.90. The van der Waals surface area contributed by atoms with Crippen molar-refractivity contribution in [2.75, 3.05) is 25.2 Å². The standard InChI is InChI=1S/C14H21ClN2O/c1-10(16)8-11-4-3-5-13(15)14(11)17(2)12-6-7-18-9-12/h3-5,10,12H,6-9,16H2,1-2H3. The normalized spacial score (nSPS) is 21.0. The molecule has 1 aliphatic rings. The molecule has 0 amide bonds. The minimum atomic E-state index is 0.135. The smallest absolute Gasteiger partial charge is 0.0670 e. The van der Waals surface area contributed by atoms with Gasteiger partial charge in [-0.2, -0.15) is 0 Å². The van der Waals surface area contributed by atoms with Gasteiger partial charge in [-0.25, -0.2) is 0 Å². The quantitative estimate of drug-likeness (QED) is 0.912. The van der Waals surface area contributed by atoms with Gasteiger partial charge in [0, 0.05) is 19.7 Å². The van der Waals surface area contributed by atoms with Crippen molar-refractivity contribution in [3.05, 3.63) is 28.8 Å². The Hall–Kier alpha value is -0.770. The van der Waals surface area contributed by atoms with Gasteiger partial charge in [0.2, 0.25) is 0 Å². The van der Waals surface area contributed by atoms with Crippen molar-refractivity contribution < 1.29 is 4.74 Å². The van der Waals surface area contributed by atoms with Crippen molar-refractivity contribution in [3.63, 3.8) is 0 Å². The lowest BCUT2D eigenvalue weighted by Gasteiger charge is -2.29. The van der Waals surface area contributed by atoms with E-state index >= 15 is 0 Å². The van der Waals surface area contributed by atoms with Crippen LogP contribution in [0, 0.1) is 0 Å². The van der Waals surface area contributed by atoms with E-state index in [1.54, 1.807) is 0 Å². The number of likely N-dealkylation sites (N-methyl/N-ethyl adjacent to an activating group) is 1. The van der Waals surface area contributed by atoms with Crippen LogP contribution in [0.25, 0.3) is 0 Å². The van der Waals surface area contributed by atoms with Crippen LogP contribution in [-0.2, 0) is 11.2 Å². The van der Waals surface area contributed by atoms with Gasteiger partial charge in [0.15, 0.2) is 0 Å². The summed E-state index contributed by atoms with van der Waals surface area (Å²) < 4.78 is 5.45. The first-order chi connectivity index (χ1) is 8.59. The minimum Gasteiger partial charge on any atom is -0.379 e. The van der Waals surface area contributed by atoms with Crippen LogP contribution in [0.15, 0.2) is 18.2 Å². The zero-order valence-electron chi connectivity index (χ0n) is 11.0. The molecule has 0 spiro atoms.